The second-order valence-corrected chi connectivity index (χ2v) is 3.05. The van der Waals surface area contributed by atoms with Crippen LogP contribution in [0.5, 0.6) is 0 Å². The highest BCUT2D eigenvalue weighted by Crippen LogP contribution is 2.11. The molecular formula is C8H11ClN2O2S. The molecule has 0 amide bonds. The third kappa shape index (κ3) is 3.16. The van der Waals surface area contributed by atoms with Gasteiger partial charge in [-0.05, 0) is 6.26 Å². The molecule has 0 atom stereocenters. The largest absolute Gasteiger partial charge is 0.301 e. The van der Waals surface area contributed by atoms with Crippen molar-refractivity contribution >= 4 is 29.6 Å². The Hall–Kier alpha value is -0.810. The first kappa shape index (κ1) is 13.2. The van der Waals surface area contributed by atoms with Crippen LogP contribution in [-0.4, -0.2) is 22.5 Å². The molecular weight excluding hydrogens is 224 g/mol. The van der Waals surface area contributed by atoms with Crippen LogP contribution in [0.4, 0.5) is 0 Å². The van der Waals surface area contributed by atoms with Crippen molar-refractivity contribution in [3.63, 3.8) is 0 Å². The molecule has 1 heterocycles. The number of aromatic nitrogens is 2. The van der Waals surface area contributed by atoms with E-state index in [1.54, 1.807) is 6.26 Å². The summed E-state index contributed by atoms with van der Waals surface area (Å²) in [6, 6.07) is 0. The molecule has 0 aliphatic heterocycles. The Morgan fingerprint density at radius 3 is 2.43 bits per heavy atom. The van der Waals surface area contributed by atoms with Crippen LogP contribution < -0.4 is 5.56 Å². The van der Waals surface area contributed by atoms with E-state index in [-0.39, 0.29) is 10.7 Å². The van der Waals surface area contributed by atoms with Crippen LogP contribution >= 0.6 is 23.4 Å². The molecule has 78 valence electrons. The lowest BCUT2D eigenvalue weighted by molar-refractivity contribution is 0.112. The summed E-state index contributed by atoms with van der Waals surface area (Å²) in [5.41, 5.74) is -0.635. The first-order valence-electron chi connectivity index (χ1n) is 3.98. The lowest BCUT2D eigenvalue weighted by atomic mass is 10.4. The van der Waals surface area contributed by atoms with Crippen LogP contribution in [0.15, 0.2) is 9.95 Å². The number of aromatic amines is 1. The average molecular weight is 235 g/mol. The van der Waals surface area contributed by atoms with Gasteiger partial charge in [-0.1, -0.05) is 37.2 Å². The molecule has 0 saturated heterocycles. The van der Waals surface area contributed by atoms with E-state index < -0.39 is 5.56 Å². The van der Waals surface area contributed by atoms with E-state index in [9.17, 15) is 9.59 Å². The molecule has 0 aliphatic rings. The van der Waals surface area contributed by atoms with Crippen molar-refractivity contribution in [2.45, 2.75) is 19.0 Å². The van der Waals surface area contributed by atoms with Crippen molar-refractivity contribution in [1.29, 1.82) is 0 Å². The van der Waals surface area contributed by atoms with Gasteiger partial charge in [-0.25, -0.2) is 4.98 Å². The van der Waals surface area contributed by atoms with Crippen LogP contribution in [0.3, 0.4) is 0 Å². The maximum absolute atomic E-state index is 11.0. The molecule has 0 bridgehead atoms. The second-order valence-electron chi connectivity index (χ2n) is 1.90. The van der Waals surface area contributed by atoms with E-state index in [4.69, 9.17) is 11.6 Å². The van der Waals surface area contributed by atoms with Crippen LogP contribution in [0.25, 0.3) is 0 Å². The Kier molecular flexibility index (Phi) is 6.23. The van der Waals surface area contributed by atoms with Gasteiger partial charge in [-0.3, -0.25) is 9.59 Å². The third-order valence-corrected chi connectivity index (χ3v) is 2.07. The molecule has 0 saturated carbocycles. The van der Waals surface area contributed by atoms with Crippen molar-refractivity contribution in [3.05, 3.63) is 21.1 Å². The molecule has 6 heteroatoms. The number of nitrogens with zero attached hydrogens (tertiary/aromatic N) is 1. The molecule has 1 aromatic heterocycles. The highest BCUT2D eigenvalue weighted by atomic mass is 35.5. The van der Waals surface area contributed by atoms with Gasteiger partial charge in [0.05, 0.1) is 0 Å². The number of nitrogens with one attached hydrogen (secondary N) is 1. The summed E-state index contributed by atoms with van der Waals surface area (Å²) in [7, 11) is 0. The monoisotopic (exact) mass is 234 g/mol. The van der Waals surface area contributed by atoms with E-state index in [0.29, 0.717) is 11.4 Å². The summed E-state index contributed by atoms with van der Waals surface area (Å²) in [6.07, 6.45) is 2.13. The van der Waals surface area contributed by atoms with E-state index in [2.05, 4.69) is 9.97 Å². The fourth-order valence-corrected chi connectivity index (χ4v) is 1.28. The molecule has 14 heavy (non-hydrogen) atoms. The predicted octanol–water partition coefficient (Wildman–Crippen LogP) is 1.98. The fourth-order valence-electron chi connectivity index (χ4n) is 0.634. The van der Waals surface area contributed by atoms with Gasteiger partial charge in [-0.15, -0.1) is 0 Å². The molecule has 0 aromatic carbocycles. The minimum Gasteiger partial charge on any atom is -0.301 e. The van der Waals surface area contributed by atoms with Crippen molar-refractivity contribution < 1.29 is 4.79 Å². The predicted molar refractivity (Wildman–Crippen MR) is 58.4 cm³/mol. The summed E-state index contributed by atoms with van der Waals surface area (Å²) in [4.78, 5) is 27.5. The second kappa shape index (κ2) is 6.62. The minimum absolute atomic E-state index is 0.0573. The standard InChI is InChI=1S/C6H5ClN2O2S.C2H6/c1-12-6-8-4(7)3(2-10)5(11)9-6;1-2/h2H,1H3,(H,8,9,11);1-2H3. The molecule has 1 rings (SSSR count). The maximum atomic E-state index is 11.0. The number of thioether (sulfide) groups is 1. The molecule has 0 unspecified atom stereocenters. The van der Waals surface area contributed by atoms with Gasteiger partial charge in [0.1, 0.15) is 10.7 Å². The first-order chi connectivity index (χ1) is 6.69. The van der Waals surface area contributed by atoms with Crippen LogP contribution in [0.1, 0.15) is 24.2 Å². The summed E-state index contributed by atoms with van der Waals surface area (Å²) in [5, 5.41) is 0.341. The lowest BCUT2D eigenvalue weighted by Crippen LogP contribution is -2.14. The summed E-state index contributed by atoms with van der Waals surface area (Å²) in [6.45, 7) is 4.00. The Balaban J connectivity index is 0.000000791. The van der Waals surface area contributed by atoms with Crippen molar-refractivity contribution in [2.75, 3.05) is 6.26 Å². The minimum atomic E-state index is -0.505. The van der Waals surface area contributed by atoms with Crippen LogP contribution in [0.2, 0.25) is 5.15 Å². The van der Waals surface area contributed by atoms with Gasteiger partial charge in [0, 0.05) is 0 Å². The number of aldehydes is 1. The number of rotatable bonds is 2. The Morgan fingerprint density at radius 2 is 2.07 bits per heavy atom. The highest BCUT2D eigenvalue weighted by molar-refractivity contribution is 7.98. The van der Waals surface area contributed by atoms with Gasteiger partial charge in [0.2, 0.25) is 0 Å². The number of H-pyrrole nitrogens is 1. The van der Waals surface area contributed by atoms with Crippen LogP contribution in [-0.2, 0) is 0 Å². The quantitative estimate of drug-likeness (QED) is 0.368. The number of hydrogen-bond donors (Lipinski definition) is 1. The average Bonchev–Trinajstić information content (AvgIpc) is 2.20. The number of carbonyl (C=O) groups is 1. The normalized spacial score (nSPS) is 8.86. The van der Waals surface area contributed by atoms with Gasteiger partial charge in [0.15, 0.2) is 11.4 Å². The zero-order valence-corrected chi connectivity index (χ0v) is 9.70. The summed E-state index contributed by atoms with van der Waals surface area (Å²) in [5.74, 6) is 0. The van der Waals surface area contributed by atoms with E-state index in [0.717, 1.165) is 0 Å². The molecule has 0 fully saturated rings. The first-order valence-corrected chi connectivity index (χ1v) is 5.58. The molecule has 1 aromatic rings. The summed E-state index contributed by atoms with van der Waals surface area (Å²) < 4.78 is 0. The van der Waals surface area contributed by atoms with Crippen LogP contribution in [0, 0.1) is 0 Å². The topological polar surface area (TPSA) is 62.8 Å². The smallest absolute Gasteiger partial charge is 0.263 e. The fraction of sp³-hybridized carbons (Fsp3) is 0.375. The van der Waals surface area contributed by atoms with Crippen molar-refractivity contribution in [3.8, 4) is 0 Å². The van der Waals surface area contributed by atoms with Gasteiger partial charge >= 0.3 is 0 Å². The van der Waals surface area contributed by atoms with Gasteiger partial charge in [-0.2, -0.15) is 0 Å². The Labute approximate surface area is 91.1 Å². The molecule has 0 radical (unpaired) electrons. The van der Waals surface area contributed by atoms with E-state index in [1.165, 1.54) is 11.8 Å². The Morgan fingerprint density at radius 1 is 1.50 bits per heavy atom. The van der Waals surface area contributed by atoms with Crippen molar-refractivity contribution in [1.82, 2.24) is 9.97 Å². The lowest BCUT2D eigenvalue weighted by Gasteiger charge is -1.97. The molecule has 0 aliphatic carbocycles. The highest BCUT2D eigenvalue weighted by Gasteiger charge is 2.07. The SMILES string of the molecule is CC.CSc1nc(Cl)c(C=O)c(=O)[nH]1. The molecule has 0 spiro atoms. The summed E-state index contributed by atoms with van der Waals surface area (Å²) >= 11 is 6.79. The molecule has 1 N–H and O–H groups in total. The van der Waals surface area contributed by atoms with Crippen molar-refractivity contribution in [2.24, 2.45) is 0 Å². The zero-order chi connectivity index (χ0) is 11.1. The van der Waals surface area contributed by atoms with E-state index >= 15 is 0 Å². The van der Waals surface area contributed by atoms with Gasteiger partial charge in [0.25, 0.3) is 5.56 Å². The van der Waals surface area contributed by atoms with Gasteiger partial charge < -0.3 is 4.98 Å². The maximum Gasteiger partial charge on any atom is 0.263 e. The number of carbonyl (C=O) groups excluding carboxylic acids is 1. The number of halogens is 1. The molecule has 4 nitrogen and oxygen atoms in total. The number of hydrogen-bond acceptors (Lipinski definition) is 4. The third-order valence-electron chi connectivity index (χ3n) is 1.20. The van der Waals surface area contributed by atoms with E-state index in [1.807, 2.05) is 13.8 Å². The Bertz CT molecular complexity index is 365. The zero-order valence-electron chi connectivity index (χ0n) is 8.13.